The van der Waals surface area contributed by atoms with Gasteiger partial charge in [-0.25, -0.2) is 4.79 Å². The Labute approximate surface area is 297 Å². The number of rotatable bonds is 43. The van der Waals surface area contributed by atoms with Crippen molar-refractivity contribution in [3.05, 3.63) is 0 Å². The van der Waals surface area contributed by atoms with Crippen LogP contribution in [-0.4, -0.2) is 175 Å². The van der Waals surface area contributed by atoms with Gasteiger partial charge in [0.2, 0.25) is 5.78 Å². The first-order valence-electron chi connectivity index (χ1n) is 17.8. The molecule has 0 atom stereocenters. The summed E-state index contributed by atoms with van der Waals surface area (Å²) in [5, 5.41) is 8.45. The smallest absolute Gasteiger partial charge is 0.372 e. The number of Topliss-reactive ketones (excluding diaryl/α,β-unsaturated/α-hetero) is 1. The molecule has 0 saturated carbocycles. The van der Waals surface area contributed by atoms with E-state index in [1.165, 1.54) is 25.7 Å². The van der Waals surface area contributed by atoms with Crippen molar-refractivity contribution < 1.29 is 76.3 Å². The average Bonchev–Trinajstić information content (AvgIpc) is 3.11. The molecule has 0 spiro atoms. The lowest BCUT2D eigenvalue weighted by Gasteiger charge is -2.09. The van der Waals surface area contributed by atoms with Gasteiger partial charge in [-0.05, 0) is 6.42 Å². The quantitative estimate of drug-likeness (QED) is 0.0547. The van der Waals surface area contributed by atoms with Gasteiger partial charge in [-0.3, -0.25) is 9.59 Å². The third kappa shape index (κ3) is 40.6. The second-order valence-corrected chi connectivity index (χ2v) is 10.6. The summed E-state index contributed by atoms with van der Waals surface area (Å²) in [6, 6.07) is 0. The van der Waals surface area contributed by atoms with Crippen LogP contribution in [0, 0.1) is 0 Å². The number of carboxylic acid groups (broad SMARTS) is 1. The first-order valence-corrected chi connectivity index (χ1v) is 17.8. The van der Waals surface area contributed by atoms with Crippen molar-refractivity contribution in [2.45, 2.75) is 51.9 Å². The van der Waals surface area contributed by atoms with Crippen LogP contribution in [0.2, 0.25) is 0 Å². The van der Waals surface area contributed by atoms with Crippen LogP contribution in [-0.2, 0) is 71.2 Å². The van der Waals surface area contributed by atoms with Crippen molar-refractivity contribution >= 4 is 17.7 Å². The molecule has 0 aromatic heterocycles. The molecule has 0 aliphatic carbocycles. The van der Waals surface area contributed by atoms with Crippen LogP contribution < -0.4 is 0 Å². The lowest BCUT2D eigenvalue weighted by molar-refractivity contribution is -0.151. The van der Waals surface area contributed by atoms with Gasteiger partial charge in [0.15, 0.2) is 0 Å². The molecule has 296 valence electrons. The molecule has 50 heavy (non-hydrogen) atoms. The number of carbonyl (C=O) groups excluding carboxylic acids is 2. The largest absolute Gasteiger partial charge is 0.476 e. The van der Waals surface area contributed by atoms with Gasteiger partial charge >= 0.3 is 11.9 Å². The number of esters is 1. The fourth-order valence-corrected chi connectivity index (χ4v) is 3.72. The van der Waals surface area contributed by atoms with Gasteiger partial charge in [-0.1, -0.05) is 32.6 Å². The molecule has 0 saturated heterocycles. The normalized spacial score (nSPS) is 11.3. The zero-order valence-electron chi connectivity index (χ0n) is 30.3. The first kappa shape index (κ1) is 48.2. The number of ketones is 1. The molecule has 0 aromatic carbocycles. The zero-order valence-corrected chi connectivity index (χ0v) is 30.3. The Kier molecular flexibility index (Phi) is 40.1. The van der Waals surface area contributed by atoms with E-state index < -0.39 is 17.7 Å². The SMILES string of the molecule is CCCCCCCOCCOCCOCCOCCOCCOCCOCCOCCOCCOCCOCCOC(=O)CCC(=O)C(=O)O. The molecule has 1 N–H and O–H groups in total. The third-order valence-electron chi connectivity index (χ3n) is 6.40. The lowest BCUT2D eigenvalue weighted by Crippen LogP contribution is -2.17. The van der Waals surface area contributed by atoms with E-state index in [1.54, 1.807) is 0 Å². The molecule has 16 nitrogen and oxygen atoms in total. The number of unbranched alkanes of at least 4 members (excludes halogenated alkanes) is 4. The minimum Gasteiger partial charge on any atom is -0.476 e. The Morgan fingerprint density at radius 2 is 0.640 bits per heavy atom. The molecule has 0 amide bonds. The minimum absolute atomic E-state index is 0.0147. The zero-order chi connectivity index (χ0) is 36.4. The van der Waals surface area contributed by atoms with Crippen molar-refractivity contribution in [2.24, 2.45) is 0 Å². The van der Waals surface area contributed by atoms with E-state index in [1.807, 2.05) is 0 Å². The Hall–Kier alpha value is -1.83. The topological polar surface area (TPSA) is 182 Å². The van der Waals surface area contributed by atoms with E-state index in [-0.39, 0.29) is 26.1 Å². The van der Waals surface area contributed by atoms with Crippen LogP contribution in [0.3, 0.4) is 0 Å². The summed E-state index contributed by atoms with van der Waals surface area (Å²) in [6.07, 6.45) is 5.57. The number of ether oxygens (including phenoxy) is 12. The Morgan fingerprint density at radius 3 is 0.940 bits per heavy atom. The summed E-state index contributed by atoms with van der Waals surface area (Å²) >= 11 is 0. The summed E-state index contributed by atoms with van der Waals surface area (Å²) in [5.41, 5.74) is 0. The average molecular weight is 729 g/mol. The molecule has 0 heterocycles. The second kappa shape index (κ2) is 41.6. The number of hydrogen-bond donors (Lipinski definition) is 1. The summed E-state index contributed by atoms with van der Waals surface area (Å²) in [6.45, 7) is 12.8. The van der Waals surface area contributed by atoms with Gasteiger partial charge in [0.05, 0.1) is 145 Å². The molecular formula is C34H64O16. The number of hydrogen-bond acceptors (Lipinski definition) is 15. The summed E-state index contributed by atoms with van der Waals surface area (Å²) < 4.78 is 64.7. The standard InChI is InChI=1S/C34H64O16/c1-2-3-4-5-6-9-39-10-11-40-12-13-41-14-15-42-16-17-43-18-19-44-20-21-45-22-23-46-24-25-47-26-27-48-28-29-49-30-31-50-33(36)8-7-32(35)34(37)38/h2-31H2,1H3,(H,37,38). The Balaban J connectivity index is 3.11. The fraction of sp³-hybridized carbons (Fsp3) is 0.912. The van der Waals surface area contributed by atoms with Crippen LogP contribution in [0.5, 0.6) is 0 Å². The van der Waals surface area contributed by atoms with Crippen molar-refractivity contribution in [2.75, 3.05) is 152 Å². The predicted octanol–water partition coefficient (Wildman–Crippen LogP) is 2.12. The third-order valence-corrected chi connectivity index (χ3v) is 6.40. The highest BCUT2D eigenvalue weighted by atomic mass is 16.6. The van der Waals surface area contributed by atoms with E-state index in [4.69, 9.17) is 61.9 Å². The van der Waals surface area contributed by atoms with E-state index in [0.29, 0.717) is 132 Å². The maximum atomic E-state index is 11.4. The van der Waals surface area contributed by atoms with Crippen LogP contribution in [0.1, 0.15) is 51.9 Å². The number of carbonyl (C=O) groups is 3. The molecule has 0 aliphatic heterocycles. The first-order chi connectivity index (χ1) is 24.6. The summed E-state index contributed by atoms with van der Waals surface area (Å²) in [4.78, 5) is 32.7. The van der Waals surface area contributed by atoms with Gasteiger partial charge in [0.1, 0.15) is 6.61 Å². The summed E-state index contributed by atoms with van der Waals surface area (Å²) in [5.74, 6) is -3.23. The van der Waals surface area contributed by atoms with Gasteiger partial charge in [-0.15, -0.1) is 0 Å². The Bertz CT molecular complexity index is 742. The Morgan fingerprint density at radius 1 is 0.360 bits per heavy atom. The van der Waals surface area contributed by atoms with Crippen molar-refractivity contribution in [3.8, 4) is 0 Å². The van der Waals surface area contributed by atoms with Gasteiger partial charge in [0.25, 0.3) is 0 Å². The highest BCUT2D eigenvalue weighted by Crippen LogP contribution is 2.02. The van der Waals surface area contributed by atoms with Crippen molar-refractivity contribution in [1.82, 2.24) is 0 Å². The fourth-order valence-electron chi connectivity index (χ4n) is 3.72. The van der Waals surface area contributed by atoms with Crippen molar-refractivity contribution in [3.63, 3.8) is 0 Å². The molecule has 0 bridgehead atoms. The molecule has 0 unspecified atom stereocenters. The van der Waals surface area contributed by atoms with Gasteiger partial charge < -0.3 is 61.9 Å². The molecule has 0 fully saturated rings. The van der Waals surface area contributed by atoms with Gasteiger partial charge in [-0.2, -0.15) is 0 Å². The maximum Gasteiger partial charge on any atom is 0.372 e. The van der Waals surface area contributed by atoms with Crippen LogP contribution >= 0.6 is 0 Å². The molecule has 0 aliphatic rings. The molecule has 16 heteroatoms. The van der Waals surface area contributed by atoms with E-state index >= 15 is 0 Å². The van der Waals surface area contributed by atoms with E-state index in [2.05, 4.69) is 6.92 Å². The monoisotopic (exact) mass is 728 g/mol. The van der Waals surface area contributed by atoms with Crippen LogP contribution in [0.15, 0.2) is 0 Å². The predicted molar refractivity (Wildman–Crippen MR) is 181 cm³/mol. The summed E-state index contributed by atoms with van der Waals surface area (Å²) in [7, 11) is 0. The van der Waals surface area contributed by atoms with Crippen LogP contribution in [0.4, 0.5) is 0 Å². The lowest BCUT2D eigenvalue weighted by atomic mass is 10.2. The second-order valence-electron chi connectivity index (χ2n) is 10.6. The van der Waals surface area contributed by atoms with Crippen LogP contribution in [0.25, 0.3) is 0 Å². The number of aliphatic carboxylic acids is 1. The van der Waals surface area contributed by atoms with Crippen molar-refractivity contribution in [1.29, 1.82) is 0 Å². The van der Waals surface area contributed by atoms with E-state index in [9.17, 15) is 14.4 Å². The van der Waals surface area contributed by atoms with Gasteiger partial charge in [0, 0.05) is 13.0 Å². The molecular weight excluding hydrogens is 664 g/mol. The molecule has 0 rings (SSSR count). The number of carboxylic acids is 1. The highest BCUT2D eigenvalue weighted by Gasteiger charge is 2.14. The minimum atomic E-state index is -1.56. The maximum absolute atomic E-state index is 11.4. The molecule has 0 aromatic rings. The highest BCUT2D eigenvalue weighted by molar-refractivity contribution is 6.32. The van der Waals surface area contributed by atoms with E-state index in [0.717, 1.165) is 13.0 Å². The molecule has 0 radical (unpaired) electrons.